The average Bonchev–Trinajstić information content (AvgIpc) is 1.77. The number of carbonyl (C=O) groups excluding carboxylic acids is 9. The summed E-state index contributed by atoms with van der Waals surface area (Å²) in [6.45, 7) is 10.1. The molecular weight excluding hydrogens is 1610 g/mol. The Morgan fingerprint density at radius 2 is 0.748 bits per heavy atom. The Hall–Kier alpha value is -8.52. The van der Waals surface area contributed by atoms with Gasteiger partial charge in [-0.2, -0.15) is 0 Å². The first kappa shape index (κ1) is 101. The van der Waals surface area contributed by atoms with E-state index in [0.717, 1.165) is 94.9 Å². The quantitative estimate of drug-likeness (QED) is 0.0111. The largest absolute Gasteiger partial charge is 1.00 e. The third kappa shape index (κ3) is 28.8. The molecule has 5 aliphatic heterocycles. The van der Waals surface area contributed by atoms with Gasteiger partial charge in [-0.05, 0) is 234 Å². The monoisotopic (exact) mass is 1730 g/mol. The van der Waals surface area contributed by atoms with Crippen LogP contribution in [0.15, 0.2) is 219 Å². The number of fused-ring (bicyclic) bond motifs is 7. The predicted molar refractivity (Wildman–Crippen MR) is 473 cm³/mol. The molecule has 4 unspecified atom stereocenters. The summed E-state index contributed by atoms with van der Waals surface area (Å²) in [6, 6.07) is 60.0. The van der Waals surface area contributed by atoms with Gasteiger partial charge in [0, 0.05) is 53.2 Å². The maximum atomic E-state index is 12.3. The second-order valence-electron chi connectivity index (χ2n) is 29.5. The number of ether oxygens (including phenoxy) is 1. The van der Waals surface area contributed by atoms with Gasteiger partial charge < -0.3 is 46.0 Å². The van der Waals surface area contributed by atoms with E-state index in [2.05, 4.69) is 113 Å². The molecule has 0 radical (unpaired) electrons. The van der Waals surface area contributed by atoms with Crippen molar-refractivity contribution < 1.29 is 115 Å². The molecular formula is C97H117BrClKN6O13. The maximum absolute atomic E-state index is 12.3. The van der Waals surface area contributed by atoms with Gasteiger partial charge in [-0.25, -0.2) is 0 Å². The number of alkyl halides is 1. The fourth-order valence-corrected chi connectivity index (χ4v) is 15.5. The topological polar surface area (TPSA) is 289 Å². The van der Waals surface area contributed by atoms with Crippen LogP contribution in [0.5, 0.6) is 0 Å². The number of nitrogens with two attached hydrogens (primary N) is 1. The molecule has 0 bridgehead atoms. The van der Waals surface area contributed by atoms with Crippen molar-refractivity contribution in [2.24, 2.45) is 23.5 Å². The van der Waals surface area contributed by atoms with E-state index in [9.17, 15) is 58.5 Å². The number of aliphatic hydroxyl groups is 3. The number of halogens is 2. The summed E-state index contributed by atoms with van der Waals surface area (Å²) in [5, 5.41) is 37.9. The molecule has 1 fully saturated rings. The smallest absolute Gasteiger partial charge is 0.587 e. The second-order valence-corrected chi connectivity index (χ2v) is 30.7. The Morgan fingerprint density at radius 3 is 1.06 bits per heavy atom. The minimum atomic E-state index is -0.483. The molecule has 19 nitrogen and oxygen atoms in total. The summed E-state index contributed by atoms with van der Waals surface area (Å²) in [5.41, 5.74) is 18.6. The van der Waals surface area contributed by atoms with Gasteiger partial charge in [0.2, 0.25) is 0 Å². The number of aliphatic hydroxyl groups excluding tert-OH is 3. The Bertz CT molecular complexity index is 4500. The Labute approximate surface area is 759 Å². The number of rotatable bonds is 26. The number of amides is 9. The van der Waals surface area contributed by atoms with Crippen molar-refractivity contribution in [3.63, 3.8) is 0 Å². The van der Waals surface area contributed by atoms with E-state index >= 15 is 0 Å². The number of allylic oxidation sites excluding steroid dienone is 1. The zero-order valence-corrected chi connectivity index (χ0v) is 70.8. The molecule has 8 aliphatic rings. The van der Waals surface area contributed by atoms with Gasteiger partial charge in [0.1, 0.15) is 0 Å². The van der Waals surface area contributed by atoms with E-state index < -0.39 is 17.9 Å². The number of hydrogen-bond acceptors (Lipinski definition) is 14. The first-order valence-corrected chi connectivity index (χ1v) is 40.9. The SMILES string of the molecule is C.C.C.C.C=CCCBr.C=CCCN1C(=O)c2ccccc2C1=O.NCCC(O)CCC1Cc2ccccc2C1.O=C(NCCC(O)CCC1Cc2ccccc2C1)c1ccc(Cl)cc1.O=C1[N-]C(=O)c2ccccc21.O=C1c2ccccc2C(=O)N1CCC(O)CCC1Cc2ccccc2C1.O=C1c2ccccc2C(=O)N1CCC1CO1.[K+]. The molecule has 5 heterocycles. The minimum absolute atomic E-state index is 0. The van der Waals surface area contributed by atoms with Crippen molar-refractivity contribution in [1.29, 1.82) is 0 Å². The van der Waals surface area contributed by atoms with Crippen LogP contribution in [-0.4, -0.2) is 152 Å². The zero-order valence-electron chi connectivity index (χ0n) is 65.3. The van der Waals surface area contributed by atoms with Crippen molar-refractivity contribution in [2.75, 3.05) is 44.7 Å². The Morgan fingerprint density at radius 1 is 0.445 bits per heavy atom. The summed E-state index contributed by atoms with van der Waals surface area (Å²) in [7, 11) is 0. The van der Waals surface area contributed by atoms with Gasteiger partial charge in [-0.15, -0.1) is 13.2 Å². The van der Waals surface area contributed by atoms with Crippen LogP contribution in [0.1, 0.15) is 233 Å². The van der Waals surface area contributed by atoms with Crippen LogP contribution in [0.25, 0.3) is 5.32 Å². The van der Waals surface area contributed by atoms with Crippen molar-refractivity contribution >= 4 is 80.7 Å². The van der Waals surface area contributed by atoms with Crippen LogP contribution in [0.2, 0.25) is 5.02 Å². The Balaban J connectivity index is 0.000000254. The number of nitrogens with zero attached hydrogens (tertiary/aromatic N) is 4. The molecule has 8 aromatic carbocycles. The molecule has 16 rings (SSSR count). The van der Waals surface area contributed by atoms with Crippen LogP contribution in [0.4, 0.5) is 0 Å². The van der Waals surface area contributed by atoms with Crippen LogP contribution < -0.4 is 62.4 Å². The molecule has 22 heteroatoms. The van der Waals surface area contributed by atoms with Gasteiger partial charge in [0.25, 0.3) is 41.4 Å². The standard InChI is InChI=1S/C22H23NO3.C21H24ClNO2.C14H21NO.C12H11NO3.C12H11NO2.C8H5NO2.C4H7Br.4CH4.K/c24-18(10-9-15-13-16-5-1-2-6-17(16)14-15)11-12-23-21(25)19-7-3-4-8-20(19)22(23)26;22-19-8-6-16(7-9-19)21(25)23-12-11-20(24)10-5-15-13-17-3-1-2-4-18(17)14-15;15-8-7-14(16)6-5-11-9-12-3-1-2-4-13(12)10-11;14-11-9-3-1-2-4-10(9)12(15)13(11)6-5-8-7-16-8;1-2-3-8-13-11(14)9-6-4-5-7-10(9)12(13)15;10-7-5-3-1-2-4-6(5)8(11)9-7;1-2-3-4-5;;;;;/h1-8,15,18,24H,9-14H2;1-4,6-9,15,20,24H,5,10-14H2,(H,23,25);1-4,11,14,16H,5-10,15H2;1-4,8H,5-7H2;2,4-7H,1,3,8H2;1-4H,(H,9,10,11);2H,1,3-4H2;4*1H4;/q;;;;;;;;;;;+1/p-1. The van der Waals surface area contributed by atoms with Crippen molar-refractivity contribution in [3.05, 3.63) is 313 Å². The van der Waals surface area contributed by atoms with Gasteiger partial charge in [0.15, 0.2) is 0 Å². The molecule has 9 amide bonds. The first-order valence-electron chi connectivity index (χ1n) is 39.4. The first-order chi connectivity index (χ1) is 55.3. The van der Waals surface area contributed by atoms with Crippen molar-refractivity contribution in [1.82, 2.24) is 20.0 Å². The molecule has 0 spiro atoms. The van der Waals surface area contributed by atoms with Gasteiger partial charge in [-0.1, -0.05) is 203 Å². The number of hydrogen-bond donors (Lipinski definition) is 5. The molecule has 6 N–H and O–H groups in total. The number of carbonyl (C=O) groups is 9. The number of imide groups is 4. The molecule has 0 aromatic heterocycles. The average molecular weight is 1730 g/mol. The van der Waals surface area contributed by atoms with E-state index in [4.69, 9.17) is 22.1 Å². The Kier molecular flexibility index (Phi) is 43.6. The molecule has 0 saturated carbocycles. The van der Waals surface area contributed by atoms with E-state index in [1.54, 1.807) is 127 Å². The summed E-state index contributed by atoms with van der Waals surface area (Å²) in [6.07, 6.45) is 19.3. The second kappa shape index (κ2) is 51.3. The summed E-state index contributed by atoms with van der Waals surface area (Å²) < 4.78 is 5.07. The van der Waals surface area contributed by atoms with Crippen molar-refractivity contribution in [3.8, 4) is 0 Å². The minimum Gasteiger partial charge on any atom is -0.587 e. The van der Waals surface area contributed by atoms with Crippen LogP contribution in [0.3, 0.4) is 0 Å². The number of benzene rings is 8. The maximum Gasteiger partial charge on any atom is 1.00 e. The van der Waals surface area contributed by atoms with Crippen molar-refractivity contribution in [2.45, 2.75) is 170 Å². The fraction of sp³-hybridized carbons (Fsp3) is 0.371. The molecule has 1 saturated heterocycles. The summed E-state index contributed by atoms with van der Waals surface area (Å²) in [5.74, 6) is -0.279. The van der Waals surface area contributed by atoms with Crippen LogP contribution in [0, 0.1) is 17.8 Å². The third-order valence-electron chi connectivity index (χ3n) is 21.4. The van der Waals surface area contributed by atoms with Gasteiger partial charge in [0.05, 0.1) is 76.2 Å². The third-order valence-corrected chi connectivity index (χ3v) is 22.1. The number of nitrogens with one attached hydrogen (secondary N) is 1. The van der Waals surface area contributed by atoms with E-state index in [1.165, 1.54) is 60.9 Å². The molecule has 119 heavy (non-hydrogen) atoms. The van der Waals surface area contributed by atoms with E-state index in [0.29, 0.717) is 119 Å². The molecule has 4 atom stereocenters. The van der Waals surface area contributed by atoms with Crippen LogP contribution >= 0.6 is 27.5 Å². The molecule has 8 aromatic rings. The summed E-state index contributed by atoms with van der Waals surface area (Å²) in [4.78, 5) is 110. The van der Waals surface area contributed by atoms with Crippen LogP contribution in [-0.2, 0) is 43.3 Å². The predicted octanol–water partition coefficient (Wildman–Crippen LogP) is 14.9. The zero-order chi connectivity index (χ0) is 81.0. The van der Waals surface area contributed by atoms with Gasteiger partial charge >= 0.3 is 51.4 Å². The van der Waals surface area contributed by atoms with E-state index in [1.807, 2.05) is 6.08 Å². The van der Waals surface area contributed by atoms with Gasteiger partial charge in [-0.3, -0.25) is 48.3 Å². The summed E-state index contributed by atoms with van der Waals surface area (Å²) >= 11 is 9.05. The fourth-order valence-electron chi connectivity index (χ4n) is 15.0. The molecule has 3 aliphatic carbocycles. The normalized spacial score (nSPS) is 15.8. The molecule has 628 valence electrons. The van der Waals surface area contributed by atoms with E-state index in [-0.39, 0.29) is 147 Å². The number of epoxide rings is 1.